The summed E-state index contributed by atoms with van der Waals surface area (Å²) < 4.78 is 6.11. The van der Waals surface area contributed by atoms with Gasteiger partial charge in [-0.3, -0.25) is 4.79 Å². The maximum absolute atomic E-state index is 13.7. The standard InChI is InChI=1S/C29H48O5/c1-15(2)17-10-24(34-26(33)11-17)16(3)22-14-23(31)27-20-7-6-18-12-19(30)13-25(32)29(18,5)21(20)8-9-28(22,27)4/h15-22,24-27,30,32-33H,6-14H2,1-5H3/t16-,17?,18?,19+,20?,21?,22?,24?,25+,26?,27?,28-,29+/m1/s1. The highest BCUT2D eigenvalue weighted by atomic mass is 16.6. The second kappa shape index (κ2) is 8.82. The Morgan fingerprint density at radius 1 is 0.971 bits per heavy atom. The molecule has 3 N–H and O–H groups in total. The summed E-state index contributed by atoms with van der Waals surface area (Å²) in [6, 6.07) is 0. The lowest BCUT2D eigenvalue weighted by atomic mass is 9.43. The molecule has 0 aromatic heterocycles. The summed E-state index contributed by atoms with van der Waals surface area (Å²) in [7, 11) is 0. The second-order valence-electron chi connectivity index (χ2n) is 13.8. The Hall–Kier alpha value is -0.490. The van der Waals surface area contributed by atoms with Crippen LogP contribution in [0.15, 0.2) is 0 Å². The van der Waals surface area contributed by atoms with Crippen LogP contribution < -0.4 is 0 Å². The minimum absolute atomic E-state index is 0.0113. The highest BCUT2D eigenvalue weighted by Crippen LogP contribution is 2.67. The van der Waals surface area contributed by atoms with Crippen molar-refractivity contribution >= 4 is 5.78 Å². The van der Waals surface area contributed by atoms with Crippen molar-refractivity contribution < 1.29 is 24.9 Å². The molecule has 8 unspecified atom stereocenters. The van der Waals surface area contributed by atoms with Gasteiger partial charge in [0.25, 0.3) is 0 Å². The van der Waals surface area contributed by atoms with E-state index in [4.69, 9.17) is 4.74 Å². The van der Waals surface area contributed by atoms with E-state index in [0.29, 0.717) is 54.6 Å². The van der Waals surface area contributed by atoms with Crippen molar-refractivity contribution in [1.82, 2.24) is 0 Å². The van der Waals surface area contributed by atoms with Gasteiger partial charge in [-0.05, 0) is 97.2 Å². The van der Waals surface area contributed by atoms with Gasteiger partial charge in [-0.1, -0.05) is 34.6 Å². The normalized spacial score (nSPS) is 54.3. The van der Waals surface area contributed by atoms with Crippen LogP contribution in [-0.4, -0.2) is 45.7 Å². The van der Waals surface area contributed by atoms with Gasteiger partial charge in [0.1, 0.15) is 5.78 Å². The second-order valence-corrected chi connectivity index (χ2v) is 13.8. The molecule has 0 aromatic rings. The zero-order valence-electron chi connectivity index (χ0n) is 22.0. The van der Waals surface area contributed by atoms with Gasteiger partial charge >= 0.3 is 0 Å². The van der Waals surface area contributed by atoms with Crippen LogP contribution in [0.1, 0.15) is 92.4 Å². The van der Waals surface area contributed by atoms with E-state index in [2.05, 4.69) is 34.6 Å². The lowest BCUT2D eigenvalue weighted by molar-refractivity contribution is -0.208. The molecule has 0 aromatic carbocycles. The Labute approximate surface area is 206 Å². The van der Waals surface area contributed by atoms with E-state index in [1.54, 1.807) is 0 Å². The number of ketones is 1. The van der Waals surface area contributed by atoms with Crippen molar-refractivity contribution in [1.29, 1.82) is 0 Å². The van der Waals surface area contributed by atoms with Crippen LogP contribution in [0.5, 0.6) is 0 Å². The topological polar surface area (TPSA) is 87.0 Å². The molecule has 5 aliphatic rings. The van der Waals surface area contributed by atoms with E-state index in [1.807, 2.05) is 0 Å². The van der Waals surface area contributed by atoms with Gasteiger partial charge in [-0.15, -0.1) is 0 Å². The van der Waals surface area contributed by atoms with E-state index >= 15 is 0 Å². The molecule has 0 amide bonds. The van der Waals surface area contributed by atoms with Crippen LogP contribution in [0.4, 0.5) is 0 Å². The fraction of sp³-hybridized carbons (Fsp3) is 0.966. The first-order valence-corrected chi connectivity index (χ1v) is 14.2. The summed E-state index contributed by atoms with van der Waals surface area (Å²) in [4.78, 5) is 13.7. The van der Waals surface area contributed by atoms with Crippen molar-refractivity contribution in [3.63, 3.8) is 0 Å². The molecule has 5 fully saturated rings. The molecule has 0 bridgehead atoms. The average molecular weight is 477 g/mol. The van der Waals surface area contributed by atoms with E-state index in [-0.39, 0.29) is 34.7 Å². The highest BCUT2D eigenvalue weighted by Gasteiger charge is 2.65. The van der Waals surface area contributed by atoms with Crippen LogP contribution in [0.2, 0.25) is 0 Å². The number of aliphatic hydroxyl groups excluding tert-OH is 3. The molecular formula is C29H48O5. The number of hydrogen-bond donors (Lipinski definition) is 3. The Bertz CT molecular complexity index is 782. The third-order valence-corrected chi connectivity index (χ3v) is 12.1. The number of hydrogen-bond acceptors (Lipinski definition) is 5. The van der Waals surface area contributed by atoms with E-state index < -0.39 is 18.5 Å². The molecule has 5 rings (SSSR count). The molecular weight excluding hydrogens is 428 g/mol. The van der Waals surface area contributed by atoms with Crippen LogP contribution >= 0.6 is 0 Å². The molecule has 34 heavy (non-hydrogen) atoms. The predicted octanol–water partition coefficient (Wildman–Crippen LogP) is 4.56. The molecule has 0 spiro atoms. The summed E-state index contributed by atoms with van der Waals surface area (Å²) in [5.41, 5.74) is -0.215. The fourth-order valence-corrected chi connectivity index (χ4v) is 10.0. The zero-order valence-corrected chi connectivity index (χ0v) is 22.0. The smallest absolute Gasteiger partial charge is 0.155 e. The first-order chi connectivity index (χ1) is 16.0. The molecule has 4 aliphatic carbocycles. The van der Waals surface area contributed by atoms with Gasteiger partial charge in [0.2, 0.25) is 0 Å². The third kappa shape index (κ3) is 3.74. The van der Waals surface area contributed by atoms with Crippen molar-refractivity contribution in [3.05, 3.63) is 0 Å². The highest BCUT2D eigenvalue weighted by molar-refractivity contribution is 5.85. The Morgan fingerprint density at radius 2 is 1.71 bits per heavy atom. The lowest BCUT2D eigenvalue weighted by Crippen LogP contribution is -2.60. The molecule has 0 radical (unpaired) electrons. The number of rotatable bonds is 3. The maximum Gasteiger partial charge on any atom is 0.155 e. The largest absolute Gasteiger partial charge is 0.393 e. The van der Waals surface area contributed by atoms with Crippen molar-refractivity contribution in [2.24, 2.45) is 58.2 Å². The van der Waals surface area contributed by atoms with Crippen LogP contribution in [0.25, 0.3) is 0 Å². The SMILES string of the molecule is CC(C)C1CC(O)OC([C@H](C)C2CC(=O)C3C4CCC5C[C@H](O)C[C@H](O)[C@]5(C)C4CC[C@@]32C)C1. The number of carbonyl (C=O) groups excluding carboxylic acids is 1. The lowest BCUT2D eigenvalue weighted by Gasteiger charge is -2.62. The molecule has 13 atom stereocenters. The van der Waals surface area contributed by atoms with E-state index in [9.17, 15) is 20.1 Å². The van der Waals surface area contributed by atoms with Crippen LogP contribution in [-0.2, 0) is 9.53 Å². The maximum atomic E-state index is 13.7. The summed E-state index contributed by atoms with van der Waals surface area (Å²) in [6.07, 6.45) is 6.20. The molecule has 5 nitrogen and oxygen atoms in total. The third-order valence-electron chi connectivity index (χ3n) is 12.1. The monoisotopic (exact) mass is 476 g/mol. The Morgan fingerprint density at radius 3 is 2.41 bits per heavy atom. The number of ether oxygens (including phenoxy) is 1. The van der Waals surface area contributed by atoms with Crippen molar-refractivity contribution in [2.45, 2.75) is 117 Å². The quantitative estimate of drug-likeness (QED) is 0.556. The number of aliphatic hydroxyl groups is 3. The van der Waals surface area contributed by atoms with Gasteiger partial charge in [0.15, 0.2) is 6.29 Å². The van der Waals surface area contributed by atoms with Crippen molar-refractivity contribution in [3.8, 4) is 0 Å². The Balaban J connectivity index is 1.39. The molecule has 5 heteroatoms. The van der Waals surface area contributed by atoms with E-state index in [0.717, 1.165) is 38.5 Å². The molecule has 1 heterocycles. The molecule has 1 aliphatic heterocycles. The number of fused-ring (bicyclic) bond motifs is 5. The number of carbonyl (C=O) groups is 1. The summed E-state index contributed by atoms with van der Waals surface area (Å²) >= 11 is 0. The van der Waals surface area contributed by atoms with Crippen molar-refractivity contribution in [2.75, 3.05) is 0 Å². The number of Topliss-reactive ketones (excluding diaryl/α,β-unsaturated/α-hetero) is 1. The zero-order chi connectivity index (χ0) is 24.6. The molecule has 4 saturated carbocycles. The average Bonchev–Trinajstić information content (AvgIpc) is 3.04. The summed E-state index contributed by atoms with van der Waals surface area (Å²) in [6.45, 7) is 11.4. The van der Waals surface area contributed by atoms with Crippen LogP contribution in [0, 0.1) is 58.2 Å². The van der Waals surface area contributed by atoms with Gasteiger partial charge in [0.05, 0.1) is 18.3 Å². The van der Waals surface area contributed by atoms with Gasteiger partial charge in [-0.25, -0.2) is 0 Å². The summed E-state index contributed by atoms with van der Waals surface area (Å²) in [5.74, 6) is 3.08. The van der Waals surface area contributed by atoms with Crippen LogP contribution in [0.3, 0.4) is 0 Å². The van der Waals surface area contributed by atoms with Gasteiger partial charge in [0, 0.05) is 18.8 Å². The summed E-state index contributed by atoms with van der Waals surface area (Å²) in [5, 5.41) is 31.9. The molecule has 1 saturated heterocycles. The first-order valence-electron chi connectivity index (χ1n) is 14.2. The minimum atomic E-state index is -0.691. The fourth-order valence-electron chi connectivity index (χ4n) is 10.0. The van der Waals surface area contributed by atoms with Gasteiger partial charge < -0.3 is 20.1 Å². The molecule has 194 valence electrons. The van der Waals surface area contributed by atoms with Gasteiger partial charge in [-0.2, -0.15) is 0 Å². The Kier molecular flexibility index (Phi) is 6.53. The van der Waals surface area contributed by atoms with E-state index in [1.165, 1.54) is 0 Å². The predicted molar refractivity (Wildman–Crippen MR) is 131 cm³/mol. The first kappa shape index (κ1) is 25.2. The minimum Gasteiger partial charge on any atom is -0.393 e.